The maximum atomic E-state index is 12.9. The van der Waals surface area contributed by atoms with Gasteiger partial charge in [-0.2, -0.15) is 4.31 Å². The van der Waals surface area contributed by atoms with Crippen molar-refractivity contribution in [1.29, 1.82) is 0 Å². The molecule has 0 saturated carbocycles. The summed E-state index contributed by atoms with van der Waals surface area (Å²) in [5, 5.41) is 2.81. The Morgan fingerprint density at radius 2 is 2.00 bits per heavy atom. The van der Waals surface area contributed by atoms with Crippen LogP contribution in [0.15, 0.2) is 53.7 Å². The molecule has 1 N–H and O–H groups in total. The summed E-state index contributed by atoms with van der Waals surface area (Å²) in [5.41, 5.74) is 1.27. The van der Waals surface area contributed by atoms with Gasteiger partial charge >= 0.3 is 0 Å². The molecule has 1 aromatic heterocycles. The molecule has 1 fully saturated rings. The van der Waals surface area contributed by atoms with Crippen LogP contribution in [0.25, 0.3) is 0 Å². The lowest BCUT2D eigenvalue weighted by atomic mass is 10.1. The van der Waals surface area contributed by atoms with Crippen LogP contribution < -0.4 is 5.32 Å². The second-order valence-corrected chi connectivity index (χ2v) is 8.42. The van der Waals surface area contributed by atoms with E-state index >= 15 is 0 Å². The summed E-state index contributed by atoms with van der Waals surface area (Å²) in [6.07, 6.45) is 6.11. The molecule has 26 heavy (non-hydrogen) atoms. The Kier molecular flexibility index (Phi) is 5.68. The van der Waals surface area contributed by atoms with Crippen LogP contribution in [0.5, 0.6) is 0 Å². The number of carbonyl (C=O) groups excluding carboxylic acids is 1. The summed E-state index contributed by atoms with van der Waals surface area (Å²) < 4.78 is 27.4. The van der Waals surface area contributed by atoms with Crippen molar-refractivity contribution in [1.82, 2.24) is 14.6 Å². The third kappa shape index (κ3) is 4.11. The molecule has 1 aromatic carbocycles. The fraction of sp³-hybridized carbons (Fsp3) is 0.368. The van der Waals surface area contributed by atoms with Crippen LogP contribution in [0.4, 0.5) is 0 Å². The van der Waals surface area contributed by atoms with E-state index < -0.39 is 10.0 Å². The molecule has 0 spiro atoms. The highest BCUT2D eigenvalue weighted by atomic mass is 32.2. The molecule has 138 valence electrons. The predicted molar refractivity (Wildman–Crippen MR) is 99.1 cm³/mol. The lowest BCUT2D eigenvalue weighted by molar-refractivity contribution is 0.0950. The summed E-state index contributed by atoms with van der Waals surface area (Å²) in [5.74, 6) is -0.300. The van der Waals surface area contributed by atoms with Crippen LogP contribution in [0.3, 0.4) is 0 Å². The Morgan fingerprint density at radius 3 is 2.73 bits per heavy atom. The molecule has 2 heterocycles. The zero-order chi connectivity index (χ0) is 18.6. The minimum Gasteiger partial charge on any atom is -0.348 e. The van der Waals surface area contributed by atoms with E-state index in [2.05, 4.69) is 10.3 Å². The highest BCUT2D eigenvalue weighted by molar-refractivity contribution is 7.89. The number of hydrogen-bond acceptors (Lipinski definition) is 4. The van der Waals surface area contributed by atoms with Gasteiger partial charge < -0.3 is 5.32 Å². The number of hydrogen-bond donors (Lipinski definition) is 1. The van der Waals surface area contributed by atoms with Crippen LogP contribution in [0, 0.1) is 0 Å². The predicted octanol–water partition coefficient (Wildman–Crippen LogP) is 2.57. The Balaban J connectivity index is 1.76. The first-order chi connectivity index (χ1) is 12.5. The highest BCUT2D eigenvalue weighted by Gasteiger charge is 2.31. The maximum absolute atomic E-state index is 12.9. The van der Waals surface area contributed by atoms with Crippen LogP contribution in [0.2, 0.25) is 0 Å². The molecule has 1 unspecified atom stereocenters. The minimum absolute atomic E-state index is 0.0158. The molecule has 0 bridgehead atoms. The number of amides is 1. The second kappa shape index (κ2) is 7.97. The molecule has 0 aliphatic carbocycles. The summed E-state index contributed by atoms with van der Waals surface area (Å²) in [6, 6.07) is 9.87. The van der Waals surface area contributed by atoms with Crippen LogP contribution in [0.1, 0.15) is 42.1 Å². The van der Waals surface area contributed by atoms with E-state index in [9.17, 15) is 13.2 Å². The average molecular weight is 373 g/mol. The van der Waals surface area contributed by atoms with Crippen LogP contribution in [-0.4, -0.2) is 36.2 Å². The number of pyridine rings is 1. The summed E-state index contributed by atoms with van der Waals surface area (Å²) in [7, 11) is -3.59. The first kappa shape index (κ1) is 18.5. The van der Waals surface area contributed by atoms with Crippen molar-refractivity contribution in [3.8, 4) is 0 Å². The van der Waals surface area contributed by atoms with E-state index in [1.807, 2.05) is 19.1 Å². The van der Waals surface area contributed by atoms with Crippen LogP contribution in [-0.2, 0) is 16.6 Å². The number of nitrogens with zero attached hydrogens (tertiary/aromatic N) is 2. The number of sulfonamides is 1. The normalized spacial score (nSPS) is 18.4. The monoisotopic (exact) mass is 373 g/mol. The second-order valence-electron chi connectivity index (χ2n) is 6.53. The number of aromatic nitrogens is 1. The number of piperidine rings is 1. The molecule has 0 radical (unpaired) electrons. The van der Waals surface area contributed by atoms with Crippen molar-refractivity contribution in [3.63, 3.8) is 0 Å². The molecule has 6 nitrogen and oxygen atoms in total. The number of carbonyl (C=O) groups is 1. The third-order valence-electron chi connectivity index (χ3n) is 4.65. The zero-order valence-electron chi connectivity index (χ0n) is 14.8. The van der Waals surface area contributed by atoms with Gasteiger partial charge in [0, 0.05) is 37.1 Å². The van der Waals surface area contributed by atoms with Gasteiger partial charge in [0.25, 0.3) is 5.91 Å². The highest BCUT2D eigenvalue weighted by Crippen LogP contribution is 2.25. The molecule has 1 atom stereocenters. The largest absolute Gasteiger partial charge is 0.348 e. The van der Waals surface area contributed by atoms with E-state index in [4.69, 9.17) is 0 Å². The first-order valence-corrected chi connectivity index (χ1v) is 10.2. The molecule has 1 amide bonds. The van der Waals surface area contributed by atoms with E-state index in [0.717, 1.165) is 24.8 Å². The van der Waals surface area contributed by atoms with Gasteiger partial charge in [-0.1, -0.05) is 12.5 Å². The SMILES string of the molecule is CC1CCCCN1S(=O)(=O)c1cccc(C(=O)NCc2ccncc2)c1. The molecule has 2 aromatic rings. The maximum Gasteiger partial charge on any atom is 0.251 e. The molecular formula is C19H23N3O3S. The van der Waals surface area contributed by atoms with E-state index in [-0.39, 0.29) is 16.8 Å². The van der Waals surface area contributed by atoms with Crippen molar-refractivity contribution in [2.75, 3.05) is 6.54 Å². The molecule has 1 aliphatic rings. The zero-order valence-corrected chi connectivity index (χ0v) is 15.6. The lowest BCUT2D eigenvalue weighted by Crippen LogP contribution is -2.42. The Hall–Kier alpha value is -2.25. The molecular weight excluding hydrogens is 350 g/mol. The Labute approximate surface area is 154 Å². The number of benzene rings is 1. The standard InChI is InChI=1S/C19H23N3O3S/c1-15-5-2-3-12-22(15)26(24,25)18-7-4-6-17(13-18)19(23)21-14-16-8-10-20-11-9-16/h4,6-11,13,15H,2-3,5,12,14H2,1H3,(H,21,23). The van der Waals surface area contributed by atoms with Gasteiger partial charge in [0.1, 0.15) is 0 Å². The fourth-order valence-electron chi connectivity index (χ4n) is 3.15. The fourth-order valence-corrected chi connectivity index (χ4v) is 4.89. The first-order valence-electron chi connectivity index (χ1n) is 8.77. The van der Waals surface area contributed by atoms with Gasteiger partial charge in [-0.25, -0.2) is 8.42 Å². The molecule has 7 heteroatoms. The summed E-state index contributed by atoms with van der Waals surface area (Å²) in [6.45, 7) is 2.82. The van der Waals surface area contributed by atoms with Gasteiger partial charge in [-0.3, -0.25) is 9.78 Å². The van der Waals surface area contributed by atoms with Crippen molar-refractivity contribution < 1.29 is 13.2 Å². The van der Waals surface area contributed by atoms with Crippen LogP contribution >= 0.6 is 0 Å². The quantitative estimate of drug-likeness (QED) is 0.874. The van der Waals surface area contributed by atoms with Gasteiger partial charge in [0.05, 0.1) is 4.90 Å². The van der Waals surface area contributed by atoms with Crippen molar-refractivity contribution in [3.05, 3.63) is 59.9 Å². The van der Waals surface area contributed by atoms with Crippen molar-refractivity contribution >= 4 is 15.9 Å². The van der Waals surface area contributed by atoms with Gasteiger partial charge in [0.2, 0.25) is 10.0 Å². The summed E-state index contributed by atoms with van der Waals surface area (Å²) >= 11 is 0. The lowest BCUT2D eigenvalue weighted by Gasteiger charge is -2.32. The Bertz CT molecular complexity index is 869. The minimum atomic E-state index is -3.59. The van der Waals surface area contributed by atoms with Gasteiger partial charge in [0.15, 0.2) is 0 Å². The smallest absolute Gasteiger partial charge is 0.251 e. The third-order valence-corrected chi connectivity index (χ3v) is 6.66. The molecule has 1 saturated heterocycles. The molecule has 1 aliphatic heterocycles. The summed E-state index contributed by atoms with van der Waals surface area (Å²) in [4.78, 5) is 16.5. The van der Waals surface area contributed by atoms with Crippen molar-refractivity contribution in [2.45, 2.75) is 43.7 Å². The van der Waals surface area contributed by atoms with E-state index in [1.54, 1.807) is 34.9 Å². The number of nitrogens with one attached hydrogen (secondary N) is 1. The number of rotatable bonds is 5. The van der Waals surface area contributed by atoms with E-state index in [0.29, 0.717) is 18.7 Å². The average Bonchev–Trinajstić information content (AvgIpc) is 2.67. The van der Waals surface area contributed by atoms with Crippen molar-refractivity contribution in [2.24, 2.45) is 0 Å². The van der Waals surface area contributed by atoms with Gasteiger partial charge in [-0.05, 0) is 55.7 Å². The van der Waals surface area contributed by atoms with E-state index in [1.165, 1.54) is 6.07 Å². The molecule has 3 rings (SSSR count). The van der Waals surface area contributed by atoms with Gasteiger partial charge in [-0.15, -0.1) is 0 Å². The topological polar surface area (TPSA) is 79.4 Å². The Morgan fingerprint density at radius 1 is 1.23 bits per heavy atom.